The Morgan fingerprint density at radius 1 is 1.14 bits per heavy atom. The molecule has 1 aromatic heterocycles. The molecule has 0 radical (unpaired) electrons. The molecule has 0 spiro atoms. The maximum atomic E-state index is 12.5. The molecule has 0 aliphatic rings. The van der Waals surface area contributed by atoms with Gasteiger partial charge in [-0.15, -0.1) is 11.3 Å². The molecule has 0 saturated heterocycles. The van der Waals surface area contributed by atoms with Gasteiger partial charge in [-0.2, -0.15) is 4.31 Å². The molecular formula is C15H20N2O2S2. The van der Waals surface area contributed by atoms with E-state index in [0.29, 0.717) is 10.8 Å². The predicted molar refractivity (Wildman–Crippen MR) is 87.0 cm³/mol. The van der Waals surface area contributed by atoms with Crippen LogP contribution in [0.1, 0.15) is 10.4 Å². The summed E-state index contributed by atoms with van der Waals surface area (Å²) in [5.74, 6) is 0. The molecule has 2 rings (SSSR count). The summed E-state index contributed by atoms with van der Waals surface area (Å²) in [4.78, 5) is 1.08. The Kier molecular flexibility index (Phi) is 5.52. The Morgan fingerprint density at radius 2 is 1.86 bits per heavy atom. The zero-order chi connectivity index (χ0) is 15.3. The molecule has 0 fully saturated rings. The average Bonchev–Trinajstić information content (AvgIpc) is 2.95. The van der Waals surface area contributed by atoms with Gasteiger partial charge in [0, 0.05) is 18.5 Å². The monoisotopic (exact) mass is 324 g/mol. The van der Waals surface area contributed by atoms with E-state index in [1.54, 1.807) is 13.1 Å². The Labute approximate surface area is 130 Å². The van der Waals surface area contributed by atoms with Crippen molar-refractivity contribution < 1.29 is 8.42 Å². The minimum Gasteiger partial charge on any atom is -0.319 e. The van der Waals surface area contributed by atoms with Gasteiger partial charge in [0.1, 0.15) is 4.21 Å². The van der Waals surface area contributed by atoms with Gasteiger partial charge in [-0.25, -0.2) is 8.42 Å². The van der Waals surface area contributed by atoms with Gasteiger partial charge in [0.2, 0.25) is 0 Å². The molecule has 1 heterocycles. The molecule has 1 N–H and O–H groups in total. The number of hydrogen-bond acceptors (Lipinski definition) is 4. The highest BCUT2D eigenvalue weighted by Crippen LogP contribution is 2.25. The zero-order valence-corrected chi connectivity index (χ0v) is 13.9. The fourth-order valence-corrected chi connectivity index (χ4v) is 4.68. The molecule has 0 saturated carbocycles. The fourth-order valence-electron chi connectivity index (χ4n) is 1.96. The van der Waals surface area contributed by atoms with Crippen molar-refractivity contribution in [3.63, 3.8) is 0 Å². The van der Waals surface area contributed by atoms with E-state index >= 15 is 0 Å². The Morgan fingerprint density at radius 3 is 2.52 bits per heavy atom. The highest BCUT2D eigenvalue weighted by Gasteiger charge is 2.22. The van der Waals surface area contributed by atoms with E-state index in [1.807, 2.05) is 43.4 Å². The number of nitrogens with zero attached hydrogens (tertiary/aromatic N) is 1. The van der Waals surface area contributed by atoms with E-state index in [-0.39, 0.29) is 0 Å². The first-order valence-corrected chi connectivity index (χ1v) is 9.03. The molecule has 0 aliphatic heterocycles. The molecular weight excluding hydrogens is 304 g/mol. The molecule has 4 nitrogen and oxygen atoms in total. The molecule has 2 aromatic rings. The van der Waals surface area contributed by atoms with Gasteiger partial charge < -0.3 is 5.32 Å². The quantitative estimate of drug-likeness (QED) is 0.850. The summed E-state index contributed by atoms with van der Waals surface area (Å²) in [7, 11) is 0.0982. The summed E-state index contributed by atoms with van der Waals surface area (Å²) in [6.45, 7) is 1.23. The van der Waals surface area contributed by atoms with Crippen molar-refractivity contribution in [2.24, 2.45) is 0 Å². The summed E-state index contributed by atoms with van der Waals surface area (Å²) in [6.07, 6.45) is 0.846. The van der Waals surface area contributed by atoms with E-state index in [0.717, 1.165) is 23.4 Å². The molecule has 0 aliphatic carbocycles. The minimum atomic E-state index is -3.41. The first kappa shape index (κ1) is 16.2. The van der Waals surface area contributed by atoms with Crippen molar-refractivity contribution in [1.29, 1.82) is 0 Å². The van der Waals surface area contributed by atoms with Crippen molar-refractivity contribution >= 4 is 21.4 Å². The third kappa shape index (κ3) is 4.14. The van der Waals surface area contributed by atoms with Crippen molar-refractivity contribution in [2.45, 2.75) is 17.2 Å². The topological polar surface area (TPSA) is 49.4 Å². The third-order valence-electron chi connectivity index (χ3n) is 3.17. The van der Waals surface area contributed by atoms with Crippen LogP contribution >= 0.6 is 11.3 Å². The van der Waals surface area contributed by atoms with E-state index < -0.39 is 10.0 Å². The Hall–Kier alpha value is -1.21. The molecule has 0 unspecified atom stereocenters. The van der Waals surface area contributed by atoms with E-state index in [9.17, 15) is 8.42 Å². The molecule has 0 bridgehead atoms. The number of likely N-dealkylation sites (N-methyl/N-ethyl adjacent to an activating group) is 1. The molecule has 21 heavy (non-hydrogen) atoms. The lowest BCUT2D eigenvalue weighted by molar-refractivity contribution is 0.468. The van der Waals surface area contributed by atoms with Crippen LogP contribution in [-0.2, 0) is 23.0 Å². The predicted octanol–water partition coefficient (Wildman–Crippen LogP) is 2.33. The number of hydrogen-bond donors (Lipinski definition) is 1. The lowest BCUT2D eigenvalue weighted by Crippen LogP contribution is -2.25. The van der Waals surface area contributed by atoms with Crippen LogP contribution in [0.25, 0.3) is 0 Å². The van der Waals surface area contributed by atoms with Gasteiger partial charge >= 0.3 is 0 Å². The highest BCUT2D eigenvalue weighted by molar-refractivity contribution is 7.91. The second-order valence-corrected chi connectivity index (χ2v) is 8.26. The molecule has 1 aromatic carbocycles. The molecule has 114 valence electrons. The lowest BCUT2D eigenvalue weighted by Gasteiger charge is -2.16. The maximum Gasteiger partial charge on any atom is 0.252 e. The standard InChI is InChI=1S/C15H20N2O2S2/c1-16-11-10-14-8-9-15(20-14)21(18,19)17(2)12-13-6-4-3-5-7-13/h3-9,16H,10-12H2,1-2H3. The Bertz CT molecular complexity index is 666. The summed E-state index contributed by atoms with van der Waals surface area (Å²) in [5.41, 5.74) is 0.982. The third-order valence-corrected chi connectivity index (χ3v) is 6.59. The van der Waals surface area contributed by atoms with Crippen molar-refractivity contribution in [2.75, 3.05) is 20.6 Å². The molecule has 0 atom stereocenters. The SMILES string of the molecule is CNCCc1ccc(S(=O)(=O)N(C)Cc2ccccc2)s1. The van der Waals surface area contributed by atoms with Crippen LogP contribution in [0.4, 0.5) is 0 Å². The number of rotatable bonds is 7. The largest absolute Gasteiger partial charge is 0.319 e. The lowest BCUT2D eigenvalue weighted by atomic mass is 10.2. The smallest absolute Gasteiger partial charge is 0.252 e. The molecule has 6 heteroatoms. The Balaban J connectivity index is 2.11. The van der Waals surface area contributed by atoms with Gasteiger partial charge in [0.25, 0.3) is 10.0 Å². The van der Waals surface area contributed by atoms with Crippen LogP contribution in [-0.4, -0.2) is 33.4 Å². The van der Waals surface area contributed by atoms with Gasteiger partial charge in [-0.3, -0.25) is 0 Å². The van der Waals surface area contributed by atoms with Crippen LogP contribution in [0.2, 0.25) is 0 Å². The summed E-state index contributed by atoms with van der Waals surface area (Å²) >= 11 is 1.35. The average molecular weight is 324 g/mol. The first-order chi connectivity index (χ1) is 10.0. The van der Waals surface area contributed by atoms with Gasteiger partial charge in [0.15, 0.2) is 0 Å². The summed E-state index contributed by atoms with van der Waals surface area (Å²) in [5, 5.41) is 3.07. The second-order valence-electron chi connectivity index (χ2n) is 4.82. The van der Waals surface area contributed by atoms with Gasteiger partial charge in [-0.05, 0) is 37.7 Å². The first-order valence-electron chi connectivity index (χ1n) is 6.77. The summed E-state index contributed by atoms with van der Waals surface area (Å²) < 4.78 is 26.9. The van der Waals surface area contributed by atoms with Crippen LogP contribution in [0.15, 0.2) is 46.7 Å². The highest BCUT2D eigenvalue weighted by atomic mass is 32.2. The minimum absolute atomic E-state index is 0.382. The van der Waals surface area contributed by atoms with Gasteiger partial charge in [-0.1, -0.05) is 30.3 Å². The van der Waals surface area contributed by atoms with Crippen LogP contribution < -0.4 is 5.32 Å². The van der Waals surface area contributed by atoms with E-state index in [1.165, 1.54) is 15.6 Å². The number of nitrogens with one attached hydrogen (secondary N) is 1. The van der Waals surface area contributed by atoms with Gasteiger partial charge in [0.05, 0.1) is 0 Å². The normalized spacial score (nSPS) is 12.0. The van der Waals surface area contributed by atoms with Crippen molar-refractivity contribution in [1.82, 2.24) is 9.62 Å². The van der Waals surface area contributed by atoms with Crippen molar-refractivity contribution in [3.8, 4) is 0 Å². The number of thiophene rings is 1. The van der Waals surface area contributed by atoms with Crippen LogP contribution in [0.5, 0.6) is 0 Å². The summed E-state index contributed by atoms with van der Waals surface area (Å²) in [6, 6.07) is 13.2. The number of sulfonamides is 1. The molecule has 0 amide bonds. The van der Waals surface area contributed by atoms with E-state index in [2.05, 4.69) is 5.32 Å². The zero-order valence-electron chi connectivity index (χ0n) is 12.2. The van der Waals surface area contributed by atoms with E-state index in [4.69, 9.17) is 0 Å². The fraction of sp³-hybridized carbons (Fsp3) is 0.333. The second kappa shape index (κ2) is 7.17. The number of benzene rings is 1. The van der Waals surface area contributed by atoms with Crippen LogP contribution in [0, 0.1) is 0 Å². The van der Waals surface area contributed by atoms with Crippen LogP contribution in [0.3, 0.4) is 0 Å². The van der Waals surface area contributed by atoms with Crippen molar-refractivity contribution in [3.05, 3.63) is 52.9 Å². The maximum absolute atomic E-state index is 12.5.